The molecule has 0 radical (unpaired) electrons. The van der Waals surface area contributed by atoms with Crippen LogP contribution in [0.2, 0.25) is 0 Å². The molecule has 1 aliphatic heterocycles. The van der Waals surface area contributed by atoms with Crippen molar-refractivity contribution in [3.8, 4) is 0 Å². The van der Waals surface area contributed by atoms with Crippen LogP contribution in [0.4, 0.5) is 20.6 Å². The van der Waals surface area contributed by atoms with Crippen LogP contribution in [0.5, 0.6) is 0 Å². The van der Waals surface area contributed by atoms with Gasteiger partial charge in [0, 0.05) is 18.2 Å². The Kier molecular flexibility index (Phi) is 3.86. The van der Waals surface area contributed by atoms with Crippen LogP contribution >= 0.6 is 0 Å². The number of pyridine rings is 1. The number of aromatic nitrogens is 1. The third kappa shape index (κ3) is 3.21. The minimum absolute atomic E-state index is 0.0963. The zero-order valence-electron chi connectivity index (χ0n) is 16.1. The summed E-state index contributed by atoms with van der Waals surface area (Å²) in [5.74, 6) is 0.657. The van der Waals surface area contributed by atoms with Crippen molar-refractivity contribution in [2.24, 2.45) is 5.92 Å². The number of hydrogen-bond acceptors (Lipinski definition) is 4. The first-order valence-electron chi connectivity index (χ1n) is 9.94. The van der Waals surface area contributed by atoms with E-state index in [1.165, 1.54) is 12.1 Å². The second-order valence-electron chi connectivity index (χ2n) is 8.65. The number of hydrogen-bond donors (Lipinski definition) is 1. The molecular weight excluding hydrogens is 357 g/mol. The molecule has 0 bridgehead atoms. The smallest absolute Gasteiger partial charge is 0.414 e. The van der Waals surface area contributed by atoms with Gasteiger partial charge < -0.3 is 10.1 Å². The van der Waals surface area contributed by atoms with Gasteiger partial charge in [0.05, 0.1) is 22.6 Å². The maximum absolute atomic E-state index is 13.2. The van der Waals surface area contributed by atoms with E-state index in [-0.39, 0.29) is 18.0 Å². The van der Waals surface area contributed by atoms with Crippen molar-refractivity contribution in [1.82, 2.24) is 4.98 Å². The predicted octanol–water partition coefficient (Wildman–Crippen LogP) is 4.79. The van der Waals surface area contributed by atoms with Crippen LogP contribution in [-0.2, 0) is 10.3 Å². The summed E-state index contributed by atoms with van der Waals surface area (Å²) in [5, 5.41) is 3.43. The molecule has 1 aromatic heterocycles. The van der Waals surface area contributed by atoms with Crippen molar-refractivity contribution in [1.29, 1.82) is 0 Å². The van der Waals surface area contributed by atoms with Crippen molar-refractivity contribution < 1.29 is 13.9 Å². The lowest BCUT2D eigenvalue weighted by molar-refractivity contribution is 0.146. The van der Waals surface area contributed by atoms with Gasteiger partial charge >= 0.3 is 6.09 Å². The highest BCUT2D eigenvalue weighted by atomic mass is 19.1. The van der Waals surface area contributed by atoms with E-state index in [2.05, 4.69) is 19.2 Å². The molecule has 5 nitrogen and oxygen atoms in total. The first kappa shape index (κ1) is 17.5. The van der Waals surface area contributed by atoms with E-state index in [4.69, 9.17) is 9.72 Å². The Morgan fingerprint density at radius 1 is 1.21 bits per heavy atom. The predicted molar refractivity (Wildman–Crippen MR) is 105 cm³/mol. The molecule has 5 rings (SSSR count). The van der Waals surface area contributed by atoms with Crippen molar-refractivity contribution in [3.63, 3.8) is 0 Å². The summed E-state index contributed by atoms with van der Waals surface area (Å²) >= 11 is 0. The fourth-order valence-corrected chi connectivity index (χ4v) is 3.96. The van der Waals surface area contributed by atoms with Gasteiger partial charge in [-0.2, -0.15) is 0 Å². The fraction of sp³-hybridized carbons (Fsp3) is 0.455. The summed E-state index contributed by atoms with van der Waals surface area (Å²) in [4.78, 5) is 19.3. The zero-order valence-corrected chi connectivity index (χ0v) is 16.1. The van der Waals surface area contributed by atoms with E-state index in [0.717, 1.165) is 48.6 Å². The Morgan fingerprint density at radius 2 is 1.96 bits per heavy atom. The van der Waals surface area contributed by atoms with Crippen molar-refractivity contribution in [3.05, 3.63) is 53.6 Å². The summed E-state index contributed by atoms with van der Waals surface area (Å²) < 4.78 is 18.7. The maximum atomic E-state index is 13.2. The molecule has 0 spiro atoms. The number of anilines is 2. The largest absolute Gasteiger partial charge is 0.446 e. The highest BCUT2D eigenvalue weighted by Gasteiger charge is 2.49. The number of benzene rings is 1. The Hall–Kier alpha value is -2.63. The van der Waals surface area contributed by atoms with Gasteiger partial charge in [-0.3, -0.25) is 9.88 Å². The minimum Gasteiger partial charge on any atom is -0.446 e. The van der Waals surface area contributed by atoms with Crippen LogP contribution in [0.15, 0.2) is 36.4 Å². The summed E-state index contributed by atoms with van der Waals surface area (Å²) in [6, 6.07) is 10.3. The van der Waals surface area contributed by atoms with Crippen molar-refractivity contribution in [2.45, 2.75) is 50.7 Å². The van der Waals surface area contributed by atoms with E-state index < -0.39 is 5.54 Å². The van der Waals surface area contributed by atoms with E-state index in [9.17, 15) is 9.18 Å². The standard InChI is InChI=1S/C22H24FN3O2/c1-22(2,25-15-5-3-14(23)4-6-15)19-10-9-18-20(24-19)17-11-13(17)12-26(18)21(27)28-16-7-8-16/h3-6,9-10,13,16-17,25H,7-8,11-12H2,1-2H3. The molecule has 3 aliphatic rings. The number of halogens is 1. The SMILES string of the molecule is CC(C)(Nc1ccc(F)cc1)c1ccc2c(n1)C1CC1CN2C(=O)OC1CC1. The zero-order chi connectivity index (χ0) is 19.5. The highest BCUT2D eigenvalue weighted by Crippen LogP contribution is 2.54. The van der Waals surface area contributed by atoms with Gasteiger partial charge in [-0.05, 0) is 75.4 Å². The first-order valence-corrected chi connectivity index (χ1v) is 9.94. The monoisotopic (exact) mass is 381 g/mol. The van der Waals surface area contributed by atoms with Crippen LogP contribution in [0.3, 0.4) is 0 Å². The van der Waals surface area contributed by atoms with Gasteiger partial charge in [-0.15, -0.1) is 0 Å². The van der Waals surface area contributed by atoms with Crippen LogP contribution in [0.1, 0.15) is 50.4 Å². The molecule has 1 aromatic carbocycles. The number of ether oxygens (including phenoxy) is 1. The Labute approximate surface area is 163 Å². The normalized spacial score (nSPS) is 22.9. The molecule has 1 amide bonds. The van der Waals surface area contributed by atoms with Gasteiger partial charge in [0.15, 0.2) is 0 Å². The van der Waals surface area contributed by atoms with Crippen molar-refractivity contribution >= 4 is 17.5 Å². The van der Waals surface area contributed by atoms with Crippen LogP contribution in [0, 0.1) is 11.7 Å². The molecule has 2 atom stereocenters. The van der Waals surface area contributed by atoms with Crippen LogP contribution < -0.4 is 10.2 Å². The lowest BCUT2D eigenvalue weighted by Gasteiger charge is -2.31. The van der Waals surface area contributed by atoms with Gasteiger partial charge in [-0.1, -0.05) is 0 Å². The molecule has 2 fully saturated rings. The number of rotatable bonds is 4. The molecule has 2 saturated carbocycles. The number of nitrogens with zero attached hydrogens (tertiary/aromatic N) is 2. The Morgan fingerprint density at radius 3 is 2.68 bits per heavy atom. The lowest BCUT2D eigenvalue weighted by Crippen LogP contribution is -2.37. The van der Waals surface area contributed by atoms with Crippen LogP contribution in [0.25, 0.3) is 0 Å². The van der Waals surface area contributed by atoms with Gasteiger partial charge in [0.25, 0.3) is 0 Å². The third-order valence-electron chi connectivity index (χ3n) is 5.84. The Balaban J connectivity index is 1.42. The van der Waals surface area contributed by atoms with E-state index in [1.54, 1.807) is 17.0 Å². The molecule has 28 heavy (non-hydrogen) atoms. The molecule has 1 N–H and O–H groups in total. The third-order valence-corrected chi connectivity index (χ3v) is 5.84. The average molecular weight is 381 g/mol. The van der Waals surface area contributed by atoms with E-state index >= 15 is 0 Å². The maximum Gasteiger partial charge on any atom is 0.414 e. The highest BCUT2D eigenvalue weighted by molar-refractivity contribution is 5.90. The quantitative estimate of drug-likeness (QED) is 0.827. The summed E-state index contributed by atoms with van der Waals surface area (Å²) in [7, 11) is 0. The van der Waals surface area contributed by atoms with Crippen LogP contribution in [-0.4, -0.2) is 23.7 Å². The molecule has 146 valence electrons. The molecule has 2 unspecified atom stereocenters. The second kappa shape index (κ2) is 6.19. The summed E-state index contributed by atoms with van der Waals surface area (Å²) in [6.45, 7) is 4.83. The number of fused-ring (bicyclic) bond motifs is 3. The average Bonchev–Trinajstić information content (AvgIpc) is 3.57. The second-order valence-corrected chi connectivity index (χ2v) is 8.65. The fourth-order valence-electron chi connectivity index (χ4n) is 3.96. The number of nitrogens with one attached hydrogen (secondary N) is 1. The van der Waals surface area contributed by atoms with E-state index in [1.807, 2.05) is 12.1 Å². The number of amides is 1. The van der Waals surface area contributed by atoms with Gasteiger partial charge in [-0.25, -0.2) is 9.18 Å². The summed E-state index contributed by atoms with van der Waals surface area (Å²) in [5.41, 5.74) is 3.18. The van der Waals surface area contributed by atoms with Gasteiger partial charge in [0.1, 0.15) is 11.9 Å². The molecule has 2 aliphatic carbocycles. The van der Waals surface area contributed by atoms with Gasteiger partial charge in [0.2, 0.25) is 0 Å². The first-order chi connectivity index (χ1) is 13.4. The number of carbonyl (C=O) groups is 1. The van der Waals surface area contributed by atoms with Crippen molar-refractivity contribution in [2.75, 3.05) is 16.8 Å². The summed E-state index contributed by atoms with van der Waals surface area (Å²) in [6.07, 6.45) is 2.87. The molecule has 6 heteroatoms. The molecule has 2 aromatic rings. The topological polar surface area (TPSA) is 54.5 Å². The number of carbonyl (C=O) groups excluding carboxylic acids is 1. The molecule has 2 heterocycles. The van der Waals surface area contributed by atoms with E-state index in [0.29, 0.717) is 11.8 Å². The molecular formula is C22H24FN3O2. The minimum atomic E-state index is -0.436. The lowest BCUT2D eigenvalue weighted by atomic mass is 9.97. The molecule has 0 saturated heterocycles. The Bertz CT molecular complexity index is 924.